The minimum Gasteiger partial charge on any atom is -0.497 e. The highest BCUT2D eigenvalue weighted by molar-refractivity contribution is 5.89. The molecular formula is C34H38N8O7. The summed E-state index contributed by atoms with van der Waals surface area (Å²) in [5, 5.41) is 32.7. The first kappa shape index (κ1) is 33.4. The van der Waals surface area contributed by atoms with Crippen molar-refractivity contribution in [3.63, 3.8) is 0 Å². The number of hydrogen-bond acceptors (Lipinski definition) is 12. The van der Waals surface area contributed by atoms with E-state index in [0.29, 0.717) is 28.5 Å². The number of carbonyl (C=O) groups excluding carboxylic acids is 2. The molecule has 256 valence electrons. The first-order valence-corrected chi connectivity index (χ1v) is 15.9. The van der Waals surface area contributed by atoms with Gasteiger partial charge in [0.2, 0.25) is 5.91 Å². The third kappa shape index (κ3) is 6.75. The summed E-state index contributed by atoms with van der Waals surface area (Å²) in [6.45, 7) is 3.63. The number of nitrogens with one attached hydrogen (secondary N) is 2. The molecule has 6 rings (SSSR count). The molecule has 1 saturated carbocycles. The number of ether oxygens (including phenoxy) is 3. The average molecular weight is 671 g/mol. The molecule has 1 aliphatic rings. The zero-order valence-corrected chi connectivity index (χ0v) is 27.5. The topological polar surface area (TPSA) is 188 Å². The maximum atomic E-state index is 12.5. The molecule has 3 heterocycles. The highest BCUT2D eigenvalue weighted by Crippen LogP contribution is 2.36. The monoisotopic (exact) mass is 670 g/mol. The number of rotatable bonds is 12. The molecule has 15 heteroatoms. The van der Waals surface area contributed by atoms with Crippen molar-refractivity contribution in [3.8, 4) is 17.4 Å². The van der Waals surface area contributed by atoms with Crippen LogP contribution in [0.5, 0.6) is 11.5 Å². The van der Waals surface area contributed by atoms with Crippen molar-refractivity contribution in [2.75, 3.05) is 26.1 Å². The van der Waals surface area contributed by atoms with E-state index in [1.807, 2.05) is 48.5 Å². The number of esters is 1. The fourth-order valence-electron chi connectivity index (χ4n) is 5.93. The molecule has 1 amide bonds. The fraction of sp³-hybridized carbons (Fsp3) is 0.353. The van der Waals surface area contributed by atoms with Gasteiger partial charge in [0, 0.05) is 12.6 Å². The number of aliphatic hydroxyl groups excluding tert-OH is 2. The third-order valence-electron chi connectivity index (χ3n) is 8.56. The number of carbonyl (C=O) groups is 2. The SMILES string of the molecule is CCOC(=O)c1cnn(-c2nc(NC(c3ccc(OC)cc3)c3ccc(OC)cc3)c3ncn(C4CC(NC(=O)CC)C(O)C4O)c3n2)c1. The fourth-order valence-corrected chi connectivity index (χ4v) is 5.93. The molecule has 49 heavy (non-hydrogen) atoms. The molecule has 0 bridgehead atoms. The van der Waals surface area contributed by atoms with Crippen molar-refractivity contribution in [1.29, 1.82) is 0 Å². The number of methoxy groups -OCH3 is 2. The van der Waals surface area contributed by atoms with Crippen molar-refractivity contribution in [2.45, 2.75) is 57.0 Å². The first-order valence-electron chi connectivity index (χ1n) is 15.9. The summed E-state index contributed by atoms with van der Waals surface area (Å²) in [5.74, 6) is 1.07. The summed E-state index contributed by atoms with van der Waals surface area (Å²) >= 11 is 0. The summed E-state index contributed by atoms with van der Waals surface area (Å²) in [6, 6.07) is 13.5. The van der Waals surface area contributed by atoms with Gasteiger partial charge in [-0.05, 0) is 48.7 Å². The van der Waals surface area contributed by atoms with E-state index in [1.54, 1.807) is 32.6 Å². The van der Waals surface area contributed by atoms with E-state index >= 15 is 0 Å². The second-order valence-electron chi connectivity index (χ2n) is 11.5. The molecule has 4 atom stereocenters. The van der Waals surface area contributed by atoms with Gasteiger partial charge in [0.25, 0.3) is 5.95 Å². The van der Waals surface area contributed by atoms with E-state index in [-0.39, 0.29) is 36.9 Å². The summed E-state index contributed by atoms with van der Waals surface area (Å²) in [4.78, 5) is 38.9. The van der Waals surface area contributed by atoms with Crippen LogP contribution in [-0.2, 0) is 9.53 Å². The Morgan fingerprint density at radius 3 is 2.20 bits per heavy atom. The van der Waals surface area contributed by atoms with Crippen molar-refractivity contribution in [2.24, 2.45) is 0 Å². The second-order valence-corrected chi connectivity index (χ2v) is 11.5. The molecule has 0 saturated heterocycles. The molecule has 4 unspecified atom stereocenters. The van der Waals surface area contributed by atoms with Gasteiger partial charge < -0.3 is 39.6 Å². The summed E-state index contributed by atoms with van der Waals surface area (Å²) in [7, 11) is 3.21. The van der Waals surface area contributed by atoms with Gasteiger partial charge in [0.05, 0.1) is 57.0 Å². The third-order valence-corrected chi connectivity index (χ3v) is 8.56. The first-order chi connectivity index (χ1) is 23.7. The molecular weight excluding hydrogens is 632 g/mol. The van der Waals surface area contributed by atoms with Gasteiger partial charge in [0.15, 0.2) is 17.0 Å². The van der Waals surface area contributed by atoms with Crippen LogP contribution in [0.25, 0.3) is 17.1 Å². The lowest BCUT2D eigenvalue weighted by molar-refractivity contribution is -0.122. The van der Waals surface area contributed by atoms with E-state index in [0.717, 1.165) is 11.1 Å². The number of benzene rings is 2. The number of aliphatic hydroxyl groups is 2. The van der Waals surface area contributed by atoms with Crippen LogP contribution >= 0.6 is 0 Å². The van der Waals surface area contributed by atoms with Crippen LogP contribution < -0.4 is 20.1 Å². The molecule has 0 aliphatic heterocycles. The Labute approximate surface area is 281 Å². The van der Waals surface area contributed by atoms with Crippen LogP contribution in [0.2, 0.25) is 0 Å². The Bertz CT molecular complexity index is 1880. The molecule has 2 aromatic carbocycles. The van der Waals surface area contributed by atoms with Gasteiger partial charge in [-0.3, -0.25) is 4.79 Å². The van der Waals surface area contributed by atoms with Crippen molar-refractivity contribution < 1.29 is 34.0 Å². The molecule has 0 spiro atoms. The molecule has 15 nitrogen and oxygen atoms in total. The Morgan fingerprint density at radius 2 is 1.61 bits per heavy atom. The van der Waals surface area contributed by atoms with Gasteiger partial charge >= 0.3 is 5.97 Å². The minimum atomic E-state index is -1.22. The standard InChI is InChI=1S/C34H38N8O7/c1-5-26(43)37-24-15-25(30(45)29(24)44)41-18-35-28-31(39-34(40-32(28)41)42-17-21(16-36-42)33(46)49-6-2)38-27(19-7-11-22(47-3)12-8-19)20-9-13-23(48-4)14-10-20/h7-14,16-18,24-25,27,29-30,44-45H,5-6,15H2,1-4H3,(H,37,43)(H,38,39,40). The predicted molar refractivity (Wildman–Crippen MR) is 178 cm³/mol. The molecule has 1 aliphatic carbocycles. The van der Waals surface area contributed by atoms with Crippen molar-refractivity contribution in [3.05, 3.63) is 83.9 Å². The quantitative estimate of drug-likeness (QED) is 0.142. The number of hydrogen-bond donors (Lipinski definition) is 4. The summed E-state index contributed by atoms with van der Waals surface area (Å²) in [6.07, 6.45) is 2.42. The highest BCUT2D eigenvalue weighted by Gasteiger charge is 2.44. The largest absolute Gasteiger partial charge is 0.497 e. The smallest absolute Gasteiger partial charge is 0.341 e. The Morgan fingerprint density at radius 1 is 0.959 bits per heavy atom. The molecule has 0 radical (unpaired) electrons. The normalized spacial score (nSPS) is 18.8. The van der Waals surface area contributed by atoms with E-state index in [2.05, 4.69) is 20.7 Å². The van der Waals surface area contributed by atoms with E-state index in [9.17, 15) is 19.8 Å². The van der Waals surface area contributed by atoms with Gasteiger partial charge in [-0.25, -0.2) is 14.5 Å². The van der Waals surface area contributed by atoms with Crippen LogP contribution in [0.15, 0.2) is 67.3 Å². The second kappa shape index (κ2) is 14.3. The lowest BCUT2D eigenvalue weighted by Gasteiger charge is -2.22. The Kier molecular flexibility index (Phi) is 9.73. The summed E-state index contributed by atoms with van der Waals surface area (Å²) < 4.78 is 18.9. The Balaban J connectivity index is 1.47. The lowest BCUT2D eigenvalue weighted by atomic mass is 9.98. The maximum Gasteiger partial charge on any atom is 0.341 e. The molecule has 3 aromatic heterocycles. The van der Waals surface area contributed by atoms with Crippen LogP contribution in [0, 0.1) is 0 Å². The van der Waals surface area contributed by atoms with Crippen molar-refractivity contribution in [1.82, 2.24) is 34.6 Å². The van der Waals surface area contributed by atoms with Crippen LogP contribution in [-0.4, -0.2) is 90.5 Å². The van der Waals surface area contributed by atoms with Gasteiger partial charge in [-0.2, -0.15) is 15.1 Å². The van der Waals surface area contributed by atoms with Gasteiger partial charge in [-0.1, -0.05) is 31.2 Å². The number of fused-ring (bicyclic) bond motifs is 1. The molecule has 1 fully saturated rings. The van der Waals surface area contributed by atoms with E-state index < -0.39 is 36.3 Å². The Hall–Kier alpha value is -5.54. The van der Waals surface area contributed by atoms with E-state index in [1.165, 1.54) is 23.4 Å². The summed E-state index contributed by atoms with van der Waals surface area (Å²) in [5.41, 5.74) is 2.73. The lowest BCUT2D eigenvalue weighted by Crippen LogP contribution is -2.42. The van der Waals surface area contributed by atoms with Gasteiger partial charge in [0.1, 0.15) is 23.7 Å². The van der Waals surface area contributed by atoms with E-state index in [4.69, 9.17) is 24.2 Å². The molecule has 5 aromatic rings. The highest BCUT2D eigenvalue weighted by atomic mass is 16.5. The number of nitrogens with zero attached hydrogens (tertiary/aromatic N) is 6. The van der Waals surface area contributed by atoms with Crippen molar-refractivity contribution >= 4 is 28.9 Å². The zero-order valence-electron chi connectivity index (χ0n) is 27.5. The van der Waals surface area contributed by atoms with Crippen LogP contribution in [0.1, 0.15) is 60.3 Å². The minimum absolute atomic E-state index is 0.111. The number of amides is 1. The number of imidazole rings is 1. The molecule has 4 N–H and O–H groups in total. The van der Waals surface area contributed by atoms with Crippen LogP contribution in [0.3, 0.4) is 0 Å². The van der Waals surface area contributed by atoms with Gasteiger partial charge in [-0.15, -0.1) is 0 Å². The predicted octanol–water partition coefficient (Wildman–Crippen LogP) is 2.97. The number of aromatic nitrogens is 6. The average Bonchev–Trinajstić information content (AvgIpc) is 3.86. The number of anilines is 1. The zero-order chi connectivity index (χ0) is 34.7. The maximum absolute atomic E-state index is 12.5. The van der Waals surface area contributed by atoms with Crippen LogP contribution in [0.4, 0.5) is 5.82 Å².